The lowest BCUT2D eigenvalue weighted by atomic mass is 9.96. The number of aromatic amines is 1. The van der Waals surface area contributed by atoms with Crippen LogP contribution >= 0.6 is 11.3 Å². The van der Waals surface area contributed by atoms with Crippen LogP contribution in [0, 0.1) is 0 Å². The lowest BCUT2D eigenvalue weighted by Gasteiger charge is -2.31. The average molecular weight is 489 g/mol. The Balaban J connectivity index is 1.34. The van der Waals surface area contributed by atoms with E-state index in [0.29, 0.717) is 53.2 Å². The SMILES string of the molecule is CCOC(=O)c1csc(C2CCN(C(=O)c3ccccc3-c3nc4ccccc4c(=O)[nH]3)CC2)n1. The van der Waals surface area contributed by atoms with Crippen LogP contribution in [0.5, 0.6) is 0 Å². The van der Waals surface area contributed by atoms with Crippen molar-refractivity contribution in [3.05, 3.63) is 80.5 Å². The molecule has 1 aliphatic rings. The molecule has 0 bridgehead atoms. The van der Waals surface area contributed by atoms with Crippen molar-refractivity contribution in [3.8, 4) is 11.4 Å². The summed E-state index contributed by atoms with van der Waals surface area (Å²) in [5, 5.41) is 3.15. The molecule has 5 rings (SSSR count). The van der Waals surface area contributed by atoms with Gasteiger partial charge in [0.05, 0.1) is 28.1 Å². The quantitative estimate of drug-likeness (QED) is 0.421. The Morgan fingerprint density at radius 3 is 2.63 bits per heavy atom. The number of fused-ring (bicyclic) bond motifs is 1. The number of likely N-dealkylation sites (tertiary alicyclic amines) is 1. The normalized spacial score (nSPS) is 14.3. The minimum atomic E-state index is -0.403. The van der Waals surface area contributed by atoms with Crippen molar-refractivity contribution in [1.29, 1.82) is 0 Å². The third-order valence-corrected chi connectivity index (χ3v) is 7.17. The maximum Gasteiger partial charge on any atom is 0.357 e. The third-order valence-electron chi connectivity index (χ3n) is 6.16. The number of esters is 1. The number of piperidine rings is 1. The molecule has 0 atom stereocenters. The molecule has 2 aromatic carbocycles. The first-order valence-corrected chi connectivity index (χ1v) is 12.4. The van der Waals surface area contributed by atoms with Crippen LogP contribution in [0.15, 0.2) is 58.7 Å². The van der Waals surface area contributed by atoms with E-state index in [1.807, 2.05) is 23.1 Å². The monoisotopic (exact) mass is 488 g/mol. The number of carbonyl (C=O) groups excluding carboxylic acids is 2. The summed E-state index contributed by atoms with van der Waals surface area (Å²) in [6.07, 6.45) is 1.52. The van der Waals surface area contributed by atoms with Gasteiger partial charge in [0.15, 0.2) is 5.69 Å². The fraction of sp³-hybridized carbons (Fsp3) is 0.269. The van der Waals surface area contributed by atoms with E-state index in [1.54, 1.807) is 42.6 Å². The molecule has 0 spiro atoms. The Labute approximate surface area is 205 Å². The smallest absolute Gasteiger partial charge is 0.357 e. The molecule has 1 amide bonds. The average Bonchev–Trinajstić information content (AvgIpc) is 3.39. The molecule has 178 valence electrons. The van der Waals surface area contributed by atoms with Gasteiger partial charge in [-0.05, 0) is 38.0 Å². The van der Waals surface area contributed by atoms with Crippen LogP contribution in [0.1, 0.15) is 51.5 Å². The van der Waals surface area contributed by atoms with Crippen molar-refractivity contribution in [2.45, 2.75) is 25.7 Å². The highest BCUT2D eigenvalue weighted by atomic mass is 32.1. The zero-order valence-corrected chi connectivity index (χ0v) is 20.0. The number of hydrogen-bond acceptors (Lipinski definition) is 7. The number of ether oxygens (including phenoxy) is 1. The number of hydrogen-bond donors (Lipinski definition) is 1. The maximum atomic E-state index is 13.5. The molecule has 2 aromatic heterocycles. The molecule has 9 heteroatoms. The molecule has 1 N–H and O–H groups in total. The first-order valence-electron chi connectivity index (χ1n) is 11.6. The van der Waals surface area contributed by atoms with Crippen LogP contribution in [0.2, 0.25) is 0 Å². The summed E-state index contributed by atoms with van der Waals surface area (Å²) >= 11 is 1.46. The summed E-state index contributed by atoms with van der Waals surface area (Å²) in [7, 11) is 0. The predicted molar refractivity (Wildman–Crippen MR) is 134 cm³/mol. The van der Waals surface area contributed by atoms with E-state index >= 15 is 0 Å². The predicted octanol–water partition coefficient (Wildman–Crippen LogP) is 4.24. The largest absolute Gasteiger partial charge is 0.461 e. The molecule has 3 heterocycles. The Morgan fingerprint density at radius 1 is 1.09 bits per heavy atom. The Bertz CT molecular complexity index is 1450. The van der Waals surface area contributed by atoms with Gasteiger partial charge in [-0.1, -0.05) is 30.3 Å². The zero-order valence-electron chi connectivity index (χ0n) is 19.2. The highest BCUT2D eigenvalue weighted by molar-refractivity contribution is 7.09. The number of nitrogens with zero attached hydrogens (tertiary/aromatic N) is 3. The van der Waals surface area contributed by atoms with Crippen molar-refractivity contribution >= 4 is 34.1 Å². The van der Waals surface area contributed by atoms with Crippen molar-refractivity contribution < 1.29 is 14.3 Å². The highest BCUT2D eigenvalue weighted by Crippen LogP contribution is 2.32. The Kier molecular flexibility index (Phi) is 6.41. The summed E-state index contributed by atoms with van der Waals surface area (Å²) in [6, 6.07) is 14.4. The van der Waals surface area contributed by atoms with Gasteiger partial charge in [-0.25, -0.2) is 14.8 Å². The molecule has 4 aromatic rings. The third kappa shape index (κ3) is 4.59. The van der Waals surface area contributed by atoms with Crippen molar-refractivity contribution in [2.24, 2.45) is 0 Å². The van der Waals surface area contributed by atoms with Crippen molar-refractivity contribution in [2.75, 3.05) is 19.7 Å². The molecule has 0 radical (unpaired) electrons. The molecular weight excluding hydrogens is 464 g/mol. The summed E-state index contributed by atoms with van der Waals surface area (Å²) in [5.74, 6) is 0.0727. The first kappa shape index (κ1) is 22.9. The highest BCUT2D eigenvalue weighted by Gasteiger charge is 2.28. The van der Waals surface area contributed by atoms with E-state index in [-0.39, 0.29) is 17.4 Å². The second-order valence-corrected chi connectivity index (χ2v) is 9.22. The van der Waals surface area contributed by atoms with Gasteiger partial charge in [0.1, 0.15) is 5.82 Å². The van der Waals surface area contributed by atoms with E-state index in [2.05, 4.69) is 15.0 Å². The number of carbonyl (C=O) groups is 2. The Hall–Kier alpha value is -3.85. The fourth-order valence-corrected chi connectivity index (χ4v) is 5.32. The second kappa shape index (κ2) is 9.79. The standard InChI is InChI=1S/C26H24N4O4S/c1-2-34-26(33)21-15-35-24(28-21)16-11-13-30(14-12-16)25(32)18-8-4-3-7-17(18)22-27-20-10-6-5-9-19(20)23(31)29-22/h3-10,15-16H,2,11-14H2,1H3,(H,27,29,31). The second-order valence-electron chi connectivity index (χ2n) is 8.34. The van der Waals surface area contributed by atoms with E-state index in [1.165, 1.54) is 11.3 Å². The summed E-state index contributed by atoms with van der Waals surface area (Å²) in [6.45, 7) is 3.24. The topological polar surface area (TPSA) is 105 Å². The molecule has 0 saturated carbocycles. The van der Waals surface area contributed by atoms with Crippen LogP contribution in [0.4, 0.5) is 0 Å². The zero-order chi connectivity index (χ0) is 24.4. The van der Waals surface area contributed by atoms with Crippen molar-refractivity contribution in [3.63, 3.8) is 0 Å². The number of H-pyrrole nitrogens is 1. The van der Waals surface area contributed by atoms with Gasteiger partial charge in [-0.3, -0.25) is 9.59 Å². The molecular formula is C26H24N4O4S. The van der Waals surface area contributed by atoms with E-state index in [4.69, 9.17) is 4.74 Å². The molecule has 0 aliphatic carbocycles. The number of nitrogens with one attached hydrogen (secondary N) is 1. The van der Waals surface area contributed by atoms with Gasteiger partial charge >= 0.3 is 5.97 Å². The fourth-order valence-electron chi connectivity index (χ4n) is 4.36. The van der Waals surface area contributed by atoms with E-state index in [0.717, 1.165) is 17.8 Å². The molecule has 0 unspecified atom stereocenters. The number of aromatic nitrogens is 3. The van der Waals surface area contributed by atoms with E-state index in [9.17, 15) is 14.4 Å². The first-order chi connectivity index (χ1) is 17.0. The number of thiazole rings is 1. The van der Waals surface area contributed by atoms with Crippen molar-refractivity contribution in [1.82, 2.24) is 19.9 Å². The summed E-state index contributed by atoms with van der Waals surface area (Å²) in [4.78, 5) is 51.7. The van der Waals surface area contributed by atoms with Gasteiger partial charge in [0.25, 0.3) is 11.5 Å². The van der Waals surface area contributed by atoms with Gasteiger partial charge in [0, 0.05) is 30.0 Å². The van der Waals surface area contributed by atoms with Crippen LogP contribution < -0.4 is 5.56 Å². The molecule has 8 nitrogen and oxygen atoms in total. The number of amides is 1. The molecule has 1 aliphatic heterocycles. The van der Waals surface area contributed by atoms with Gasteiger partial charge < -0.3 is 14.6 Å². The summed E-state index contributed by atoms with van der Waals surface area (Å²) < 4.78 is 5.03. The van der Waals surface area contributed by atoms with Gasteiger partial charge in [0.2, 0.25) is 0 Å². The molecule has 35 heavy (non-hydrogen) atoms. The van der Waals surface area contributed by atoms with Crippen LogP contribution in [-0.2, 0) is 4.74 Å². The van der Waals surface area contributed by atoms with Crippen LogP contribution in [0.25, 0.3) is 22.3 Å². The lowest BCUT2D eigenvalue weighted by molar-refractivity contribution is 0.0520. The maximum absolute atomic E-state index is 13.5. The van der Waals surface area contributed by atoms with E-state index < -0.39 is 5.97 Å². The van der Waals surface area contributed by atoms with Crippen LogP contribution in [0.3, 0.4) is 0 Å². The minimum absolute atomic E-state index is 0.0961. The number of benzene rings is 2. The van der Waals surface area contributed by atoms with Gasteiger partial charge in [-0.2, -0.15) is 0 Å². The van der Waals surface area contributed by atoms with Crippen LogP contribution in [-0.4, -0.2) is 51.4 Å². The number of para-hydroxylation sites is 1. The minimum Gasteiger partial charge on any atom is -0.461 e. The number of rotatable bonds is 5. The molecule has 1 saturated heterocycles. The summed E-state index contributed by atoms with van der Waals surface area (Å²) in [5.41, 5.74) is 1.79. The molecule has 1 fully saturated rings. The van der Waals surface area contributed by atoms with Gasteiger partial charge in [-0.15, -0.1) is 11.3 Å². The lowest BCUT2D eigenvalue weighted by Crippen LogP contribution is -2.38. The Morgan fingerprint density at radius 2 is 1.83 bits per heavy atom.